The fraction of sp³-hybridized carbons (Fsp3) is 0.280. The first kappa shape index (κ1) is 32.4. The zero-order chi connectivity index (χ0) is 31.8. The minimum atomic E-state index is -5.08. The van der Waals surface area contributed by atoms with Gasteiger partial charge in [-0.2, -0.15) is 26.3 Å². The van der Waals surface area contributed by atoms with E-state index < -0.39 is 24.3 Å². The average molecular weight is 615 g/mol. The van der Waals surface area contributed by atoms with E-state index in [2.05, 4.69) is 37.0 Å². The van der Waals surface area contributed by atoms with Crippen LogP contribution in [-0.2, 0) is 9.59 Å². The summed E-state index contributed by atoms with van der Waals surface area (Å²) in [6.45, 7) is 3.35. The van der Waals surface area contributed by atoms with Crippen molar-refractivity contribution in [1.29, 1.82) is 0 Å². The van der Waals surface area contributed by atoms with E-state index in [0.29, 0.717) is 0 Å². The minimum Gasteiger partial charge on any atom is -0.496 e. The van der Waals surface area contributed by atoms with Crippen LogP contribution >= 0.6 is 0 Å². The van der Waals surface area contributed by atoms with Crippen molar-refractivity contribution < 1.29 is 50.9 Å². The van der Waals surface area contributed by atoms with Gasteiger partial charge in [0.05, 0.1) is 32.1 Å². The number of hydrogen-bond donors (Lipinski definition) is 4. The maximum atomic E-state index is 10.6. The van der Waals surface area contributed by atoms with Crippen molar-refractivity contribution in [2.45, 2.75) is 12.4 Å². The molecule has 0 atom stereocenters. The van der Waals surface area contributed by atoms with Crippen LogP contribution in [0.2, 0.25) is 0 Å². The Hall–Kier alpha value is -5.16. The van der Waals surface area contributed by atoms with Crippen molar-refractivity contribution in [3.8, 4) is 22.7 Å². The Morgan fingerprint density at radius 3 is 1.86 bits per heavy atom. The van der Waals surface area contributed by atoms with Gasteiger partial charge in [-0.1, -0.05) is 17.3 Å². The minimum absolute atomic E-state index is 0.740. The van der Waals surface area contributed by atoms with E-state index >= 15 is 0 Å². The normalized spacial score (nSPS) is 14.1. The van der Waals surface area contributed by atoms with E-state index in [-0.39, 0.29) is 0 Å². The van der Waals surface area contributed by atoms with Crippen LogP contribution < -0.4 is 15.4 Å². The molecule has 2 aliphatic heterocycles. The number of aliphatic imine (C=N–C) groups is 2. The molecule has 5 rings (SSSR count). The molecule has 43 heavy (non-hydrogen) atoms. The summed E-state index contributed by atoms with van der Waals surface area (Å²) in [5.41, 5.74) is 4.60. The van der Waals surface area contributed by atoms with E-state index in [1.807, 2.05) is 42.6 Å². The van der Waals surface area contributed by atoms with E-state index in [9.17, 15) is 26.3 Å². The highest BCUT2D eigenvalue weighted by Crippen LogP contribution is 2.30. The molecule has 0 saturated carbocycles. The number of rotatable bonds is 5. The number of carboxylic acids is 2. The summed E-state index contributed by atoms with van der Waals surface area (Å²) in [6, 6.07) is 14.1. The highest BCUT2D eigenvalue weighted by Gasteiger charge is 2.38. The molecule has 0 fully saturated rings. The molecule has 230 valence electrons. The second-order valence-corrected chi connectivity index (χ2v) is 8.43. The molecule has 2 aliphatic rings. The van der Waals surface area contributed by atoms with Crippen LogP contribution in [0.5, 0.6) is 5.75 Å². The van der Waals surface area contributed by atoms with Crippen LogP contribution in [0.3, 0.4) is 0 Å². The molecule has 12 nitrogen and oxygen atoms in total. The predicted octanol–water partition coefficient (Wildman–Crippen LogP) is 2.91. The summed E-state index contributed by atoms with van der Waals surface area (Å²) in [5, 5.41) is 29.6. The zero-order valence-corrected chi connectivity index (χ0v) is 22.1. The SMILES string of the molecule is COc1ccc(C2=NCCN2)cc1-c1cn(-c2cccc(C3=NCCN3)c2)nn1.O=C(O)C(F)(F)F.O=C(O)C(F)(F)F. The quantitative estimate of drug-likeness (QED) is 0.316. The van der Waals surface area contributed by atoms with Crippen molar-refractivity contribution in [2.24, 2.45) is 9.98 Å². The van der Waals surface area contributed by atoms with Gasteiger partial charge in [0.25, 0.3) is 0 Å². The second-order valence-electron chi connectivity index (χ2n) is 8.43. The van der Waals surface area contributed by atoms with Gasteiger partial charge >= 0.3 is 24.3 Å². The number of aliphatic carboxylic acids is 2. The summed E-state index contributed by atoms with van der Waals surface area (Å²) in [7, 11) is 1.66. The van der Waals surface area contributed by atoms with E-state index in [4.69, 9.17) is 24.5 Å². The van der Waals surface area contributed by atoms with Crippen LogP contribution in [0.1, 0.15) is 11.1 Å². The van der Waals surface area contributed by atoms with Gasteiger partial charge in [-0.05, 0) is 30.3 Å². The molecule has 4 N–H and O–H groups in total. The third kappa shape index (κ3) is 8.91. The number of methoxy groups -OCH3 is 1. The van der Waals surface area contributed by atoms with Gasteiger partial charge in [-0.15, -0.1) is 5.10 Å². The number of aromatic nitrogens is 3. The van der Waals surface area contributed by atoms with Crippen molar-refractivity contribution in [1.82, 2.24) is 25.6 Å². The first-order chi connectivity index (χ1) is 20.2. The highest BCUT2D eigenvalue weighted by molar-refractivity contribution is 6.01. The van der Waals surface area contributed by atoms with Gasteiger partial charge in [0.2, 0.25) is 0 Å². The zero-order valence-electron chi connectivity index (χ0n) is 22.1. The van der Waals surface area contributed by atoms with Crippen LogP contribution in [0.25, 0.3) is 16.9 Å². The third-order valence-corrected chi connectivity index (χ3v) is 5.46. The number of ether oxygens (including phenoxy) is 1. The smallest absolute Gasteiger partial charge is 0.490 e. The number of nitrogens with one attached hydrogen (secondary N) is 2. The molecular weight excluding hydrogens is 592 g/mol. The molecule has 0 spiro atoms. The maximum absolute atomic E-state index is 10.6. The van der Waals surface area contributed by atoms with Crippen LogP contribution in [-0.4, -0.2) is 94.5 Å². The molecule has 0 bridgehead atoms. The molecule has 2 aromatic carbocycles. The lowest BCUT2D eigenvalue weighted by atomic mass is 10.1. The number of amidine groups is 2. The van der Waals surface area contributed by atoms with Crippen molar-refractivity contribution >= 4 is 23.6 Å². The van der Waals surface area contributed by atoms with Crippen LogP contribution in [0, 0.1) is 0 Å². The Bertz CT molecular complexity index is 1490. The third-order valence-electron chi connectivity index (χ3n) is 5.46. The van der Waals surface area contributed by atoms with E-state index in [1.165, 1.54) is 0 Å². The number of hydrogen-bond acceptors (Lipinski definition) is 9. The molecule has 0 saturated heterocycles. The lowest BCUT2D eigenvalue weighted by Crippen LogP contribution is -2.21. The Balaban J connectivity index is 0.000000303. The fourth-order valence-corrected chi connectivity index (χ4v) is 3.55. The Morgan fingerprint density at radius 1 is 0.860 bits per heavy atom. The molecule has 18 heteroatoms. The molecule has 3 aromatic rings. The number of carboxylic acid groups (broad SMARTS) is 2. The molecule has 0 radical (unpaired) electrons. The van der Waals surface area contributed by atoms with Crippen LogP contribution in [0.4, 0.5) is 26.3 Å². The lowest BCUT2D eigenvalue weighted by Gasteiger charge is -2.09. The predicted molar refractivity (Wildman–Crippen MR) is 140 cm³/mol. The Labute approximate surface area is 238 Å². The van der Waals surface area contributed by atoms with Gasteiger partial charge in [-0.3, -0.25) is 9.98 Å². The van der Waals surface area contributed by atoms with Gasteiger partial charge in [0, 0.05) is 29.8 Å². The van der Waals surface area contributed by atoms with E-state index in [1.54, 1.807) is 11.8 Å². The molecular formula is C25H23F6N7O5. The van der Waals surface area contributed by atoms with Crippen molar-refractivity contribution in [2.75, 3.05) is 33.3 Å². The number of halogens is 6. The maximum Gasteiger partial charge on any atom is 0.490 e. The number of carbonyl (C=O) groups is 2. The van der Waals surface area contributed by atoms with Crippen molar-refractivity contribution in [3.63, 3.8) is 0 Å². The number of alkyl halides is 6. The number of benzene rings is 2. The average Bonchev–Trinajstić information content (AvgIpc) is 3.75. The molecule has 1 aromatic heterocycles. The topological polar surface area (TPSA) is 163 Å². The molecule has 0 amide bonds. The summed E-state index contributed by atoms with van der Waals surface area (Å²) in [6.07, 6.45) is -8.26. The largest absolute Gasteiger partial charge is 0.496 e. The van der Waals surface area contributed by atoms with Gasteiger partial charge in [0.1, 0.15) is 23.1 Å². The number of nitrogens with zero attached hydrogens (tertiary/aromatic N) is 5. The summed E-state index contributed by atoms with van der Waals surface area (Å²) >= 11 is 0. The monoisotopic (exact) mass is 615 g/mol. The van der Waals surface area contributed by atoms with Crippen LogP contribution in [0.15, 0.2) is 58.6 Å². The molecule has 0 aliphatic carbocycles. The van der Waals surface area contributed by atoms with Gasteiger partial charge < -0.3 is 25.6 Å². The first-order valence-electron chi connectivity index (χ1n) is 12.1. The Kier molecular flexibility index (Phi) is 10.3. The van der Waals surface area contributed by atoms with Gasteiger partial charge in [-0.25, -0.2) is 14.3 Å². The summed E-state index contributed by atoms with van der Waals surface area (Å²) in [4.78, 5) is 26.8. The fourth-order valence-electron chi connectivity index (χ4n) is 3.55. The first-order valence-corrected chi connectivity index (χ1v) is 12.1. The Morgan fingerprint density at radius 2 is 1.40 bits per heavy atom. The second kappa shape index (κ2) is 13.7. The van der Waals surface area contributed by atoms with E-state index in [0.717, 1.165) is 71.7 Å². The lowest BCUT2D eigenvalue weighted by molar-refractivity contribution is -0.193. The summed E-state index contributed by atoms with van der Waals surface area (Å²) < 4.78 is 70.8. The van der Waals surface area contributed by atoms with Crippen molar-refractivity contribution in [3.05, 3.63) is 59.8 Å². The molecule has 3 heterocycles. The van der Waals surface area contributed by atoms with Gasteiger partial charge in [0.15, 0.2) is 0 Å². The summed E-state index contributed by atoms with van der Waals surface area (Å²) in [5.74, 6) is -2.94. The molecule has 0 unspecified atom stereocenters. The standard InChI is InChI=1S/C21H21N7O.2C2HF3O2/c1-29-19-6-5-15(21-24-9-10-25-21)12-17(19)18-13-28(27-26-18)16-4-2-3-14(11-16)20-22-7-8-23-20;2*3-2(4,5)1(6)7/h2-6,11-13H,7-10H2,1H3,(H,22,23)(H,24,25);2*(H,6,7). The highest BCUT2D eigenvalue weighted by atomic mass is 19.4.